The molecule has 1 aromatic carbocycles. The fourth-order valence-corrected chi connectivity index (χ4v) is 1.95. The second kappa shape index (κ2) is 10.1. The number of nitrogens with one attached hydrogen (secondary N) is 1. The molecule has 0 heterocycles. The summed E-state index contributed by atoms with van der Waals surface area (Å²) in [5.74, 6) is 5.33. The number of aliphatic hydroxyl groups is 1. The van der Waals surface area contributed by atoms with E-state index in [1.165, 1.54) is 0 Å². The molecular formula is C15H25N3O3. The summed E-state index contributed by atoms with van der Waals surface area (Å²) in [6.45, 7) is 2.50. The molecule has 0 aliphatic carbocycles. The van der Waals surface area contributed by atoms with Gasteiger partial charge in [0.2, 0.25) is 0 Å². The summed E-state index contributed by atoms with van der Waals surface area (Å²) in [6.07, 6.45) is 2.94. The molecule has 4 N–H and O–H groups in total. The van der Waals surface area contributed by atoms with Gasteiger partial charge in [-0.3, -0.25) is 10.2 Å². The standard InChI is InChI=1S/C15H25N3O3/c1-18(9-5-2-6-11-19)10-12-21-14-8-4-3-7-13(14)15(20)17-16/h3-4,7-8,19H,2,5-6,9-12,16H2,1H3,(H,17,20). The Morgan fingerprint density at radius 2 is 2.05 bits per heavy atom. The molecule has 0 atom stereocenters. The third-order valence-electron chi connectivity index (χ3n) is 3.19. The first-order chi connectivity index (χ1) is 10.2. The SMILES string of the molecule is CN(CCCCCO)CCOc1ccccc1C(=O)NN. The van der Waals surface area contributed by atoms with Gasteiger partial charge in [0.25, 0.3) is 5.91 Å². The lowest BCUT2D eigenvalue weighted by Gasteiger charge is -2.17. The smallest absolute Gasteiger partial charge is 0.268 e. The number of nitrogens with zero attached hydrogens (tertiary/aromatic N) is 1. The summed E-state index contributed by atoms with van der Waals surface area (Å²) >= 11 is 0. The fraction of sp³-hybridized carbons (Fsp3) is 0.533. The second-order valence-corrected chi connectivity index (χ2v) is 4.91. The molecule has 0 saturated carbocycles. The fourth-order valence-electron chi connectivity index (χ4n) is 1.95. The van der Waals surface area contributed by atoms with Crippen molar-refractivity contribution in [3.63, 3.8) is 0 Å². The van der Waals surface area contributed by atoms with E-state index < -0.39 is 0 Å². The number of unbranched alkanes of at least 4 members (excludes halogenated alkanes) is 2. The molecule has 1 rings (SSSR count). The highest BCUT2D eigenvalue weighted by atomic mass is 16.5. The van der Waals surface area contributed by atoms with Gasteiger partial charge in [-0.1, -0.05) is 12.1 Å². The normalized spacial score (nSPS) is 10.7. The van der Waals surface area contributed by atoms with Crippen molar-refractivity contribution in [2.24, 2.45) is 5.84 Å². The number of amides is 1. The second-order valence-electron chi connectivity index (χ2n) is 4.91. The van der Waals surface area contributed by atoms with E-state index in [4.69, 9.17) is 15.7 Å². The maximum absolute atomic E-state index is 11.6. The number of hydrogen-bond acceptors (Lipinski definition) is 5. The Labute approximate surface area is 125 Å². The van der Waals surface area contributed by atoms with Gasteiger partial charge >= 0.3 is 0 Å². The Hall–Kier alpha value is -1.63. The van der Waals surface area contributed by atoms with Crippen LogP contribution in [0.25, 0.3) is 0 Å². The van der Waals surface area contributed by atoms with Crippen LogP contribution < -0.4 is 16.0 Å². The van der Waals surface area contributed by atoms with E-state index in [0.717, 1.165) is 32.4 Å². The highest BCUT2D eigenvalue weighted by molar-refractivity contribution is 5.96. The molecular weight excluding hydrogens is 270 g/mol. The Morgan fingerprint density at radius 1 is 1.29 bits per heavy atom. The molecule has 1 amide bonds. The third-order valence-corrected chi connectivity index (χ3v) is 3.19. The molecule has 0 bridgehead atoms. The molecule has 6 heteroatoms. The number of rotatable bonds is 10. The van der Waals surface area contributed by atoms with Gasteiger partial charge in [-0.25, -0.2) is 5.84 Å². The zero-order valence-corrected chi connectivity index (χ0v) is 12.5. The predicted octanol–water partition coefficient (Wildman–Crippen LogP) is 0.763. The zero-order valence-electron chi connectivity index (χ0n) is 12.5. The molecule has 0 aromatic heterocycles. The molecule has 0 aliphatic rings. The Morgan fingerprint density at radius 3 is 2.76 bits per heavy atom. The quantitative estimate of drug-likeness (QED) is 0.257. The van der Waals surface area contributed by atoms with Gasteiger partial charge in [0.05, 0.1) is 5.56 Å². The van der Waals surface area contributed by atoms with Crippen LogP contribution in [0.1, 0.15) is 29.6 Å². The number of carbonyl (C=O) groups is 1. The van der Waals surface area contributed by atoms with Gasteiger partial charge in [0.1, 0.15) is 12.4 Å². The number of benzene rings is 1. The molecule has 0 unspecified atom stereocenters. The minimum atomic E-state index is -0.358. The average Bonchev–Trinajstić information content (AvgIpc) is 2.51. The number of hydrogen-bond donors (Lipinski definition) is 3. The number of carbonyl (C=O) groups excluding carboxylic acids is 1. The van der Waals surface area contributed by atoms with E-state index in [9.17, 15) is 4.79 Å². The molecule has 0 radical (unpaired) electrons. The maximum atomic E-state index is 11.6. The predicted molar refractivity (Wildman–Crippen MR) is 82.0 cm³/mol. The Kier molecular flexibility index (Phi) is 8.42. The number of nitrogen functional groups attached to an aromatic ring is 1. The molecule has 0 aliphatic heterocycles. The Bertz CT molecular complexity index is 426. The van der Waals surface area contributed by atoms with E-state index in [2.05, 4.69) is 10.3 Å². The van der Waals surface area contributed by atoms with Gasteiger partial charge in [0.15, 0.2) is 0 Å². The van der Waals surface area contributed by atoms with Crippen LogP contribution in [0.5, 0.6) is 5.75 Å². The van der Waals surface area contributed by atoms with Crippen LogP contribution in [-0.4, -0.2) is 49.3 Å². The molecule has 0 fully saturated rings. The molecule has 0 saturated heterocycles. The van der Waals surface area contributed by atoms with E-state index >= 15 is 0 Å². The maximum Gasteiger partial charge on any atom is 0.268 e. The van der Waals surface area contributed by atoms with Crippen molar-refractivity contribution in [3.8, 4) is 5.75 Å². The van der Waals surface area contributed by atoms with Gasteiger partial charge in [0, 0.05) is 13.2 Å². The van der Waals surface area contributed by atoms with Crippen LogP contribution in [0.4, 0.5) is 0 Å². The summed E-state index contributed by atoms with van der Waals surface area (Å²) in [6, 6.07) is 7.02. The van der Waals surface area contributed by atoms with Crippen molar-refractivity contribution in [2.45, 2.75) is 19.3 Å². The molecule has 0 spiro atoms. The molecule has 118 valence electrons. The monoisotopic (exact) mass is 295 g/mol. The largest absolute Gasteiger partial charge is 0.491 e. The van der Waals surface area contributed by atoms with E-state index in [-0.39, 0.29) is 12.5 Å². The number of para-hydroxylation sites is 1. The number of likely N-dealkylation sites (N-methyl/N-ethyl adjacent to an activating group) is 1. The summed E-state index contributed by atoms with van der Waals surface area (Å²) < 4.78 is 5.66. The minimum Gasteiger partial charge on any atom is -0.491 e. The summed E-state index contributed by atoms with van der Waals surface area (Å²) in [7, 11) is 2.03. The van der Waals surface area contributed by atoms with Crippen molar-refractivity contribution in [1.29, 1.82) is 0 Å². The molecule has 6 nitrogen and oxygen atoms in total. The number of ether oxygens (including phenoxy) is 1. The molecule has 1 aromatic rings. The lowest BCUT2D eigenvalue weighted by Crippen LogP contribution is -2.30. The van der Waals surface area contributed by atoms with Crippen LogP contribution in [0, 0.1) is 0 Å². The summed E-state index contributed by atoms with van der Waals surface area (Å²) in [5.41, 5.74) is 2.55. The van der Waals surface area contributed by atoms with Crippen LogP contribution in [0.2, 0.25) is 0 Å². The topological polar surface area (TPSA) is 87.8 Å². The number of hydrazine groups is 1. The summed E-state index contributed by atoms with van der Waals surface area (Å²) in [4.78, 5) is 13.8. The van der Waals surface area contributed by atoms with Crippen LogP contribution in [0.3, 0.4) is 0 Å². The van der Waals surface area contributed by atoms with Crippen molar-refractivity contribution in [3.05, 3.63) is 29.8 Å². The van der Waals surface area contributed by atoms with Gasteiger partial charge in [-0.2, -0.15) is 0 Å². The van der Waals surface area contributed by atoms with Crippen molar-refractivity contribution in [1.82, 2.24) is 10.3 Å². The van der Waals surface area contributed by atoms with Gasteiger partial charge in [-0.15, -0.1) is 0 Å². The van der Waals surface area contributed by atoms with Crippen LogP contribution in [-0.2, 0) is 0 Å². The number of nitrogens with two attached hydrogens (primary N) is 1. The van der Waals surface area contributed by atoms with E-state index in [0.29, 0.717) is 17.9 Å². The lowest BCUT2D eigenvalue weighted by atomic mass is 10.2. The first-order valence-electron chi connectivity index (χ1n) is 7.21. The van der Waals surface area contributed by atoms with Crippen molar-refractivity contribution < 1.29 is 14.6 Å². The van der Waals surface area contributed by atoms with Crippen molar-refractivity contribution in [2.75, 3.05) is 33.4 Å². The highest BCUT2D eigenvalue weighted by Gasteiger charge is 2.10. The van der Waals surface area contributed by atoms with E-state index in [1.54, 1.807) is 18.2 Å². The zero-order chi connectivity index (χ0) is 15.5. The first kappa shape index (κ1) is 17.4. The highest BCUT2D eigenvalue weighted by Crippen LogP contribution is 2.17. The van der Waals surface area contributed by atoms with E-state index in [1.807, 2.05) is 13.1 Å². The lowest BCUT2D eigenvalue weighted by molar-refractivity contribution is 0.0949. The van der Waals surface area contributed by atoms with Crippen molar-refractivity contribution >= 4 is 5.91 Å². The van der Waals surface area contributed by atoms with Gasteiger partial charge < -0.3 is 14.7 Å². The molecule has 21 heavy (non-hydrogen) atoms. The van der Waals surface area contributed by atoms with Crippen LogP contribution in [0.15, 0.2) is 24.3 Å². The Balaban J connectivity index is 2.34. The third kappa shape index (κ3) is 6.57. The van der Waals surface area contributed by atoms with Gasteiger partial charge in [-0.05, 0) is 45.0 Å². The first-order valence-corrected chi connectivity index (χ1v) is 7.21. The summed E-state index contributed by atoms with van der Waals surface area (Å²) in [5, 5.41) is 8.71. The number of aliphatic hydroxyl groups excluding tert-OH is 1. The average molecular weight is 295 g/mol. The van der Waals surface area contributed by atoms with Crippen LogP contribution >= 0.6 is 0 Å². The minimum absolute atomic E-state index is 0.257.